The first-order chi connectivity index (χ1) is 8.33. The van der Waals surface area contributed by atoms with Crippen molar-refractivity contribution in [2.24, 2.45) is 17.8 Å². The van der Waals surface area contributed by atoms with Crippen LogP contribution in [0.1, 0.15) is 56.9 Å². The number of benzene rings is 1. The van der Waals surface area contributed by atoms with E-state index in [1.54, 1.807) is 5.56 Å². The molecule has 0 heterocycles. The van der Waals surface area contributed by atoms with E-state index in [1.165, 1.54) is 38.5 Å². The highest BCUT2D eigenvalue weighted by Gasteiger charge is 2.34. The molecular weight excluding hydrogens is 204 g/mol. The zero-order valence-corrected chi connectivity index (χ0v) is 10.9. The lowest BCUT2D eigenvalue weighted by molar-refractivity contribution is 0.124. The summed E-state index contributed by atoms with van der Waals surface area (Å²) in [4.78, 5) is 0. The summed E-state index contributed by atoms with van der Waals surface area (Å²) in [6.45, 7) is 2.44. The lowest BCUT2D eigenvalue weighted by Gasteiger charge is -2.41. The molecule has 2 saturated carbocycles. The Kier molecular flexibility index (Phi) is 3.22. The Labute approximate surface area is 105 Å². The van der Waals surface area contributed by atoms with E-state index in [0.717, 1.165) is 23.7 Å². The van der Waals surface area contributed by atoms with E-state index in [0.29, 0.717) is 0 Å². The van der Waals surface area contributed by atoms with Gasteiger partial charge in [-0.1, -0.05) is 43.7 Å². The van der Waals surface area contributed by atoms with Gasteiger partial charge in [-0.05, 0) is 61.3 Å². The molecule has 2 aliphatic rings. The molecule has 2 aliphatic carbocycles. The van der Waals surface area contributed by atoms with Crippen LogP contribution in [0.5, 0.6) is 0 Å². The zero-order valence-electron chi connectivity index (χ0n) is 10.9. The van der Waals surface area contributed by atoms with Gasteiger partial charge in [-0.3, -0.25) is 0 Å². The van der Waals surface area contributed by atoms with Crippen LogP contribution in [0.2, 0.25) is 0 Å². The molecule has 0 spiro atoms. The van der Waals surface area contributed by atoms with Crippen LogP contribution in [0.25, 0.3) is 0 Å². The standard InChI is InChI=1S/C17H24/c1-13-7-8-17-12-16(10-9-15(17)11-13)14-5-3-2-4-6-14/h2-6,13,15-17H,7-12H2,1H3/t13-,15-,16+,17+/m0/s1. The van der Waals surface area contributed by atoms with Crippen LogP contribution in [0.4, 0.5) is 0 Å². The molecule has 0 heteroatoms. The molecule has 92 valence electrons. The van der Waals surface area contributed by atoms with Crippen molar-refractivity contribution in [3.8, 4) is 0 Å². The fourth-order valence-corrected chi connectivity index (χ4v) is 4.15. The Morgan fingerprint density at radius 3 is 2.35 bits per heavy atom. The molecule has 1 aromatic rings. The van der Waals surface area contributed by atoms with Crippen LogP contribution < -0.4 is 0 Å². The number of hydrogen-bond donors (Lipinski definition) is 0. The summed E-state index contributed by atoms with van der Waals surface area (Å²) in [6.07, 6.45) is 8.85. The molecule has 0 amide bonds. The Balaban J connectivity index is 1.68. The summed E-state index contributed by atoms with van der Waals surface area (Å²) in [5.41, 5.74) is 1.59. The van der Waals surface area contributed by atoms with Crippen molar-refractivity contribution in [1.82, 2.24) is 0 Å². The van der Waals surface area contributed by atoms with Gasteiger partial charge in [0.05, 0.1) is 0 Å². The molecule has 17 heavy (non-hydrogen) atoms. The average Bonchev–Trinajstić information content (AvgIpc) is 2.39. The van der Waals surface area contributed by atoms with Crippen LogP contribution in [-0.4, -0.2) is 0 Å². The molecule has 0 saturated heterocycles. The van der Waals surface area contributed by atoms with Gasteiger partial charge < -0.3 is 0 Å². The van der Waals surface area contributed by atoms with Crippen LogP contribution in [0.15, 0.2) is 30.3 Å². The zero-order chi connectivity index (χ0) is 11.7. The Morgan fingerprint density at radius 1 is 0.824 bits per heavy atom. The monoisotopic (exact) mass is 228 g/mol. The topological polar surface area (TPSA) is 0 Å². The molecule has 0 nitrogen and oxygen atoms in total. The Hall–Kier alpha value is -0.780. The molecule has 0 aliphatic heterocycles. The largest absolute Gasteiger partial charge is 0.0625 e. The van der Waals surface area contributed by atoms with E-state index >= 15 is 0 Å². The summed E-state index contributed by atoms with van der Waals surface area (Å²) in [7, 11) is 0. The normalized spacial score (nSPS) is 37.5. The molecule has 0 radical (unpaired) electrons. The fourth-order valence-electron chi connectivity index (χ4n) is 4.15. The fraction of sp³-hybridized carbons (Fsp3) is 0.647. The highest BCUT2D eigenvalue weighted by molar-refractivity contribution is 5.20. The van der Waals surface area contributed by atoms with Gasteiger partial charge in [-0.25, -0.2) is 0 Å². The summed E-state index contributed by atoms with van der Waals surface area (Å²) in [5.74, 6) is 3.93. The Bertz CT molecular complexity index is 354. The minimum absolute atomic E-state index is 0.853. The van der Waals surface area contributed by atoms with Crippen LogP contribution in [-0.2, 0) is 0 Å². The second-order valence-electron chi connectivity index (χ2n) is 6.36. The van der Waals surface area contributed by atoms with Gasteiger partial charge in [0, 0.05) is 0 Å². The van der Waals surface area contributed by atoms with Crippen molar-refractivity contribution in [2.45, 2.75) is 51.4 Å². The highest BCUT2D eigenvalue weighted by Crippen LogP contribution is 2.47. The Morgan fingerprint density at radius 2 is 1.53 bits per heavy atom. The van der Waals surface area contributed by atoms with Gasteiger partial charge in [0.25, 0.3) is 0 Å². The van der Waals surface area contributed by atoms with E-state index in [-0.39, 0.29) is 0 Å². The predicted octanol–water partition coefficient (Wildman–Crippen LogP) is 5.01. The third-order valence-corrected chi connectivity index (χ3v) is 5.15. The van der Waals surface area contributed by atoms with Gasteiger partial charge in [0.15, 0.2) is 0 Å². The molecule has 3 rings (SSSR count). The van der Waals surface area contributed by atoms with Gasteiger partial charge in [-0.15, -0.1) is 0 Å². The molecular formula is C17H24. The van der Waals surface area contributed by atoms with Crippen LogP contribution in [0, 0.1) is 17.8 Å². The van der Waals surface area contributed by atoms with Crippen molar-refractivity contribution in [3.63, 3.8) is 0 Å². The maximum atomic E-state index is 2.44. The van der Waals surface area contributed by atoms with Crippen molar-refractivity contribution >= 4 is 0 Å². The quantitative estimate of drug-likeness (QED) is 0.634. The number of rotatable bonds is 1. The van der Waals surface area contributed by atoms with Gasteiger partial charge in [0.2, 0.25) is 0 Å². The lowest BCUT2D eigenvalue weighted by atomic mass is 9.64. The van der Waals surface area contributed by atoms with Gasteiger partial charge in [-0.2, -0.15) is 0 Å². The second-order valence-corrected chi connectivity index (χ2v) is 6.36. The second kappa shape index (κ2) is 4.84. The summed E-state index contributed by atoms with van der Waals surface area (Å²) < 4.78 is 0. The highest BCUT2D eigenvalue weighted by atomic mass is 14.4. The third-order valence-electron chi connectivity index (χ3n) is 5.15. The van der Waals surface area contributed by atoms with Crippen molar-refractivity contribution in [1.29, 1.82) is 0 Å². The van der Waals surface area contributed by atoms with E-state index in [9.17, 15) is 0 Å². The maximum absolute atomic E-state index is 2.44. The van der Waals surface area contributed by atoms with Crippen LogP contribution in [0.3, 0.4) is 0 Å². The van der Waals surface area contributed by atoms with Crippen LogP contribution >= 0.6 is 0 Å². The van der Waals surface area contributed by atoms with Crippen molar-refractivity contribution in [3.05, 3.63) is 35.9 Å². The first-order valence-electron chi connectivity index (χ1n) is 7.38. The van der Waals surface area contributed by atoms with Crippen molar-refractivity contribution < 1.29 is 0 Å². The van der Waals surface area contributed by atoms with Gasteiger partial charge in [0.1, 0.15) is 0 Å². The SMILES string of the molecule is C[C@H]1CC[C@@H]2C[C@H](c3ccccc3)CC[C@H]2C1. The first kappa shape index (κ1) is 11.3. The minimum Gasteiger partial charge on any atom is -0.0625 e. The first-order valence-corrected chi connectivity index (χ1v) is 7.38. The van der Waals surface area contributed by atoms with Gasteiger partial charge >= 0.3 is 0 Å². The molecule has 0 bridgehead atoms. The smallest absolute Gasteiger partial charge is 0.0159 e. The molecule has 0 aromatic heterocycles. The molecule has 4 atom stereocenters. The summed E-state index contributed by atoms with van der Waals surface area (Å²) >= 11 is 0. The number of hydrogen-bond acceptors (Lipinski definition) is 0. The molecule has 1 aromatic carbocycles. The van der Waals surface area contributed by atoms with E-state index in [2.05, 4.69) is 37.3 Å². The molecule has 0 N–H and O–H groups in total. The summed E-state index contributed by atoms with van der Waals surface area (Å²) in [5, 5.41) is 0. The lowest BCUT2D eigenvalue weighted by Crippen LogP contribution is -2.29. The maximum Gasteiger partial charge on any atom is -0.0159 e. The number of fused-ring (bicyclic) bond motifs is 1. The summed E-state index contributed by atoms with van der Waals surface area (Å²) in [6, 6.07) is 11.2. The average molecular weight is 228 g/mol. The predicted molar refractivity (Wildman–Crippen MR) is 73.0 cm³/mol. The molecule has 0 unspecified atom stereocenters. The van der Waals surface area contributed by atoms with E-state index in [1.807, 2.05) is 0 Å². The minimum atomic E-state index is 0.853. The van der Waals surface area contributed by atoms with E-state index in [4.69, 9.17) is 0 Å². The third kappa shape index (κ3) is 2.41. The van der Waals surface area contributed by atoms with Crippen molar-refractivity contribution in [2.75, 3.05) is 0 Å². The van der Waals surface area contributed by atoms with E-state index < -0.39 is 0 Å². The molecule has 2 fully saturated rings.